The number of likely N-dealkylation sites (N-methyl/N-ethyl adjacent to an activating group) is 1. The van der Waals surface area contributed by atoms with Gasteiger partial charge < -0.3 is 4.90 Å². The van der Waals surface area contributed by atoms with E-state index in [0.717, 1.165) is 19.5 Å². The van der Waals surface area contributed by atoms with Gasteiger partial charge in [0.15, 0.2) is 0 Å². The summed E-state index contributed by atoms with van der Waals surface area (Å²) in [4.78, 5) is 26.6. The fraction of sp³-hybridized carbons (Fsp3) is 0.818. The van der Waals surface area contributed by atoms with Crippen LogP contribution in [0.15, 0.2) is 0 Å². The minimum absolute atomic E-state index is 0.110. The molecule has 1 heterocycles. The number of nitrogens with zero attached hydrogens (tertiary/aromatic N) is 2. The molecule has 0 radical (unpaired) electrons. The Morgan fingerprint density at radius 1 is 1.53 bits per heavy atom. The number of ketones is 1. The van der Waals surface area contributed by atoms with Gasteiger partial charge in [-0.3, -0.25) is 14.5 Å². The Morgan fingerprint density at radius 3 is 2.73 bits per heavy atom. The predicted molar refractivity (Wildman–Crippen MR) is 58.5 cm³/mol. The van der Waals surface area contributed by atoms with E-state index in [-0.39, 0.29) is 11.8 Å². The molecule has 4 heteroatoms. The van der Waals surface area contributed by atoms with E-state index in [1.807, 2.05) is 6.92 Å². The van der Waals surface area contributed by atoms with Crippen molar-refractivity contribution in [3.05, 3.63) is 0 Å². The molecule has 0 aromatic rings. The van der Waals surface area contributed by atoms with Gasteiger partial charge in [-0.1, -0.05) is 6.92 Å². The lowest BCUT2D eigenvalue weighted by atomic mass is 9.94. The summed E-state index contributed by atoms with van der Waals surface area (Å²) in [5.41, 5.74) is 0. The van der Waals surface area contributed by atoms with Gasteiger partial charge in [-0.15, -0.1) is 0 Å². The zero-order valence-corrected chi connectivity index (χ0v) is 9.82. The van der Waals surface area contributed by atoms with E-state index in [4.69, 9.17) is 0 Å². The molecule has 0 aromatic heterocycles. The van der Waals surface area contributed by atoms with Gasteiger partial charge in [-0.25, -0.2) is 0 Å². The number of amides is 1. The standard InChI is InChI=1S/C11H20N2O2/c1-4-9-7-13(6-5-10(9)14)8-11(15)12(2)3/h9H,4-8H2,1-3H3. The molecular formula is C11H20N2O2. The van der Waals surface area contributed by atoms with Crippen molar-refractivity contribution in [2.24, 2.45) is 5.92 Å². The number of hydrogen-bond donors (Lipinski definition) is 0. The van der Waals surface area contributed by atoms with E-state index in [2.05, 4.69) is 4.90 Å². The quantitative estimate of drug-likeness (QED) is 0.679. The number of likely N-dealkylation sites (tertiary alicyclic amines) is 1. The molecule has 1 saturated heterocycles. The number of Topliss-reactive ketones (excluding diaryl/α,β-unsaturated/α-hetero) is 1. The molecule has 0 N–H and O–H groups in total. The molecule has 4 nitrogen and oxygen atoms in total. The number of carbonyl (C=O) groups is 2. The maximum absolute atomic E-state index is 11.5. The molecule has 1 amide bonds. The van der Waals surface area contributed by atoms with Crippen molar-refractivity contribution in [2.45, 2.75) is 19.8 Å². The van der Waals surface area contributed by atoms with Crippen LogP contribution in [0.4, 0.5) is 0 Å². The summed E-state index contributed by atoms with van der Waals surface area (Å²) in [6.07, 6.45) is 1.48. The highest BCUT2D eigenvalue weighted by Crippen LogP contribution is 2.15. The Kier molecular flexibility index (Phi) is 4.27. The van der Waals surface area contributed by atoms with Crippen LogP contribution in [0.2, 0.25) is 0 Å². The summed E-state index contributed by atoms with van der Waals surface area (Å²) in [7, 11) is 3.52. The minimum Gasteiger partial charge on any atom is -0.348 e. The molecule has 0 saturated carbocycles. The number of piperidine rings is 1. The fourth-order valence-electron chi connectivity index (χ4n) is 1.81. The van der Waals surface area contributed by atoms with Crippen molar-refractivity contribution in [1.29, 1.82) is 0 Å². The fourth-order valence-corrected chi connectivity index (χ4v) is 1.81. The smallest absolute Gasteiger partial charge is 0.236 e. The average molecular weight is 212 g/mol. The third kappa shape index (κ3) is 3.30. The molecule has 1 fully saturated rings. The van der Waals surface area contributed by atoms with E-state index in [0.29, 0.717) is 18.7 Å². The normalized spacial score (nSPS) is 22.9. The first-order valence-electron chi connectivity index (χ1n) is 5.49. The van der Waals surface area contributed by atoms with Crippen LogP contribution in [-0.4, -0.2) is 55.2 Å². The summed E-state index contributed by atoms with van der Waals surface area (Å²) in [5, 5.41) is 0. The first-order chi connectivity index (χ1) is 7.04. The maximum Gasteiger partial charge on any atom is 0.236 e. The largest absolute Gasteiger partial charge is 0.348 e. The van der Waals surface area contributed by atoms with E-state index in [1.165, 1.54) is 0 Å². The molecule has 1 aliphatic heterocycles. The first-order valence-corrected chi connectivity index (χ1v) is 5.49. The van der Waals surface area contributed by atoms with Crippen molar-refractivity contribution in [2.75, 3.05) is 33.7 Å². The Bertz CT molecular complexity index is 251. The summed E-state index contributed by atoms with van der Waals surface area (Å²) in [5.74, 6) is 0.596. The molecule has 86 valence electrons. The molecule has 0 aromatic carbocycles. The molecule has 0 aliphatic carbocycles. The van der Waals surface area contributed by atoms with Gasteiger partial charge in [-0.05, 0) is 6.42 Å². The molecule has 1 rings (SSSR count). The van der Waals surface area contributed by atoms with Crippen LogP contribution in [-0.2, 0) is 9.59 Å². The lowest BCUT2D eigenvalue weighted by molar-refractivity contribution is -0.133. The summed E-state index contributed by atoms with van der Waals surface area (Å²) < 4.78 is 0. The van der Waals surface area contributed by atoms with Gasteiger partial charge in [0.25, 0.3) is 0 Å². The maximum atomic E-state index is 11.5. The minimum atomic E-state index is 0.110. The highest BCUT2D eigenvalue weighted by atomic mass is 16.2. The average Bonchev–Trinajstić information content (AvgIpc) is 2.20. The van der Waals surface area contributed by atoms with E-state index < -0.39 is 0 Å². The van der Waals surface area contributed by atoms with Gasteiger partial charge in [-0.2, -0.15) is 0 Å². The van der Waals surface area contributed by atoms with Crippen molar-refractivity contribution in [3.8, 4) is 0 Å². The number of rotatable bonds is 3. The first kappa shape index (κ1) is 12.2. The summed E-state index contributed by atoms with van der Waals surface area (Å²) in [6.45, 7) is 3.94. The molecule has 1 atom stereocenters. The highest BCUT2D eigenvalue weighted by molar-refractivity contribution is 5.83. The lowest BCUT2D eigenvalue weighted by Gasteiger charge is -2.31. The number of carbonyl (C=O) groups excluding carboxylic acids is 2. The highest BCUT2D eigenvalue weighted by Gasteiger charge is 2.26. The van der Waals surface area contributed by atoms with Crippen molar-refractivity contribution >= 4 is 11.7 Å². The second-order valence-electron chi connectivity index (χ2n) is 4.34. The van der Waals surface area contributed by atoms with E-state index in [9.17, 15) is 9.59 Å². The van der Waals surface area contributed by atoms with E-state index in [1.54, 1.807) is 19.0 Å². The third-order valence-corrected chi connectivity index (χ3v) is 2.96. The van der Waals surface area contributed by atoms with Crippen LogP contribution in [0.3, 0.4) is 0 Å². The van der Waals surface area contributed by atoms with Crippen LogP contribution in [0.1, 0.15) is 19.8 Å². The molecular weight excluding hydrogens is 192 g/mol. The molecule has 0 bridgehead atoms. The second kappa shape index (κ2) is 5.26. The van der Waals surface area contributed by atoms with Crippen LogP contribution in [0, 0.1) is 5.92 Å². The number of hydrogen-bond acceptors (Lipinski definition) is 3. The van der Waals surface area contributed by atoms with E-state index >= 15 is 0 Å². The van der Waals surface area contributed by atoms with Gasteiger partial charge in [0, 0.05) is 39.5 Å². The topological polar surface area (TPSA) is 40.6 Å². The second-order valence-corrected chi connectivity index (χ2v) is 4.34. The SMILES string of the molecule is CCC1CN(CC(=O)N(C)C)CCC1=O. The zero-order chi connectivity index (χ0) is 11.4. The summed E-state index contributed by atoms with van der Waals surface area (Å²) >= 11 is 0. The molecule has 15 heavy (non-hydrogen) atoms. The Morgan fingerprint density at radius 2 is 2.20 bits per heavy atom. The third-order valence-electron chi connectivity index (χ3n) is 2.96. The monoisotopic (exact) mass is 212 g/mol. The van der Waals surface area contributed by atoms with Gasteiger partial charge in [0.05, 0.1) is 6.54 Å². The predicted octanol–water partition coefficient (Wildman–Crippen LogP) is 0.376. The van der Waals surface area contributed by atoms with Crippen LogP contribution >= 0.6 is 0 Å². The summed E-state index contributed by atoms with van der Waals surface area (Å²) in [6, 6.07) is 0. The van der Waals surface area contributed by atoms with Crippen LogP contribution < -0.4 is 0 Å². The van der Waals surface area contributed by atoms with Gasteiger partial charge >= 0.3 is 0 Å². The Balaban J connectivity index is 2.45. The van der Waals surface area contributed by atoms with Crippen LogP contribution in [0.5, 0.6) is 0 Å². The molecule has 1 unspecified atom stereocenters. The van der Waals surface area contributed by atoms with Crippen molar-refractivity contribution in [1.82, 2.24) is 9.80 Å². The molecule has 1 aliphatic rings. The zero-order valence-electron chi connectivity index (χ0n) is 9.82. The van der Waals surface area contributed by atoms with Crippen molar-refractivity contribution < 1.29 is 9.59 Å². The van der Waals surface area contributed by atoms with Crippen LogP contribution in [0.25, 0.3) is 0 Å². The van der Waals surface area contributed by atoms with Crippen molar-refractivity contribution in [3.63, 3.8) is 0 Å². The van der Waals surface area contributed by atoms with Gasteiger partial charge in [0.1, 0.15) is 5.78 Å². The Labute approximate surface area is 91.2 Å². The van der Waals surface area contributed by atoms with Gasteiger partial charge in [0.2, 0.25) is 5.91 Å². The Hall–Kier alpha value is -0.900. The molecule has 0 spiro atoms. The lowest BCUT2D eigenvalue weighted by Crippen LogP contribution is -2.45.